The Morgan fingerprint density at radius 3 is 1.75 bits per heavy atom. The summed E-state index contributed by atoms with van der Waals surface area (Å²) >= 11 is 0. The van der Waals surface area contributed by atoms with Gasteiger partial charge in [0.1, 0.15) is 0 Å². The Hall–Kier alpha value is -1.79. The van der Waals surface area contributed by atoms with Gasteiger partial charge in [-0.1, -0.05) is 52.0 Å². The maximum absolute atomic E-state index is 13.7. The molecule has 1 saturated heterocycles. The van der Waals surface area contributed by atoms with Gasteiger partial charge >= 0.3 is 0 Å². The zero-order valence-corrected chi connectivity index (χ0v) is 23.9. The van der Waals surface area contributed by atoms with Crippen LogP contribution in [0.25, 0.3) is 0 Å². The van der Waals surface area contributed by atoms with Crippen molar-refractivity contribution in [3.05, 3.63) is 59.7 Å². The maximum atomic E-state index is 13.7. The van der Waals surface area contributed by atoms with Crippen molar-refractivity contribution < 1.29 is 25.3 Å². The molecular weight excluding hydrogens is 520 g/mol. The van der Waals surface area contributed by atoms with Gasteiger partial charge in [-0.3, -0.25) is 0 Å². The van der Waals surface area contributed by atoms with E-state index in [-0.39, 0.29) is 52.6 Å². The smallest absolute Gasteiger partial charge is 0.229 e. The van der Waals surface area contributed by atoms with Gasteiger partial charge < -0.3 is 0 Å². The molecule has 200 valence electrons. The van der Waals surface area contributed by atoms with Crippen molar-refractivity contribution in [3.8, 4) is 0 Å². The van der Waals surface area contributed by atoms with Gasteiger partial charge in [-0.2, -0.15) is 4.31 Å². The van der Waals surface area contributed by atoms with Gasteiger partial charge in [-0.05, 0) is 60.6 Å². The van der Waals surface area contributed by atoms with E-state index in [1.165, 1.54) is 24.3 Å². The van der Waals surface area contributed by atoms with Crippen LogP contribution in [0, 0.1) is 0 Å². The summed E-state index contributed by atoms with van der Waals surface area (Å²) in [5, 5.41) is 0. The molecule has 0 amide bonds. The van der Waals surface area contributed by atoms with E-state index >= 15 is 0 Å². The van der Waals surface area contributed by atoms with Crippen molar-refractivity contribution in [2.45, 2.75) is 68.2 Å². The average Bonchev–Trinajstić information content (AvgIpc) is 3.09. The number of sulfone groups is 1. The molecule has 1 aliphatic heterocycles. The number of hydrogen-bond acceptors (Lipinski definition) is 6. The lowest BCUT2D eigenvalue weighted by atomic mass is 10.0. The highest BCUT2D eigenvalue weighted by atomic mass is 32.2. The first-order valence-electron chi connectivity index (χ1n) is 12.0. The third-order valence-corrected chi connectivity index (χ3v) is 12.1. The lowest BCUT2D eigenvalue weighted by Crippen LogP contribution is -2.53. The topological polar surface area (TPSA) is 118 Å². The van der Waals surface area contributed by atoms with Crippen molar-refractivity contribution in [2.24, 2.45) is 0 Å². The van der Waals surface area contributed by atoms with E-state index in [1.54, 1.807) is 31.2 Å². The molecule has 0 aliphatic carbocycles. The van der Waals surface area contributed by atoms with Crippen LogP contribution in [0.2, 0.25) is 0 Å². The van der Waals surface area contributed by atoms with Crippen LogP contribution in [0.3, 0.4) is 0 Å². The third-order valence-electron chi connectivity index (χ3n) is 6.68. The van der Waals surface area contributed by atoms with E-state index in [2.05, 4.69) is 4.72 Å². The molecule has 1 N–H and O–H groups in total. The van der Waals surface area contributed by atoms with E-state index in [9.17, 15) is 25.3 Å². The first kappa shape index (κ1) is 28.8. The average molecular weight is 557 g/mol. The second-order valence-electron chi connectivity index (χ2n) is 10.3. The molecule has 1 aliphatic rings. The Balaban J connectivity index is 1.87. The maximum Gasteiger partial charge on any atom is 0.243 e. The molecule has 0 spiro atoms. The fraction of sp³-hybridized carbons (Fsp3) is 0.520. The largest absolute Gasteiger partial charge is 0.243 e. The summed E-state index contributed by atoms with van der Waals surface area (Å²) in [5.41, 5.74) is 0.801. The summed E-state index contributed by atoms with van der Waals surface area (Å²) in [6, 6.07) is 13.1. The van der Waals surface area contributed by atoms with Crippen LogP contribution in [0.15, 0.2) is 58.3 Å². The zero-order valence-electron chi connectivity index (χ0n) is 21.4. The summed E-state index contributed by atoms with van der Waals surface area (Å²) in [5.74, 6) is 0.0495. The Morgan fingerprint density at radius 2 is 1.33 bits per heavy atom. The SMILES string of the molecule is CC(C)c1ccc(S(=O)(=O)NCCN([C@@]2(C)CCS(=O)(=O)C2)S(=O)(=O)c2ccc(C(C)C)cc2)cc1. The van der Waals surface area contributed by atoms with E-state index < -0.39 is 35.4 Å². The molecule has 36 heavy (non-hydrogen) atoms. The summed E-state index contributed by atoms with van der Waals surface area (Å²) < 4.78 is 81.3. The van der Waals surface area contributed by atoms with Crippen LogP contribution in [0.5, 0.6) is 0 Å². The second-order valence-corrected chi connectivity index (χ2v) is 16.1. The highest BCUT2D eigenvalue weighted by molar-refractivity contribution is 7.92. The minimum Gasteiger partial charge on any atom is -0.229 e. The molecule has 8 nitrogen and oxygen atoms in total. The first-order chi connectivity index (χ1) is 16.6. The number of nitrogens with zero attached hydrogens (tertiary/aromatic N) is 1. The lowest BCUT2D eigenvalue weighted by Gasteiger charge is -2.36. The van der Waals surface area contributed by atoms with Crippen molar-refractivity contribution in [2.75, 3.05) is 24.6 Å². The van der Waals surface area contributed by atoms with E-state index in [0.717, 1.165) is 15.4 Å². The van der Waals surface area contributed by atoms with E-state index in [4.69, 9.17) is 0 Å². The predicted octanol–water partition coefficient (Wildman–Crippen LogP) is 3.48. The van der Waals surface area contributed by atoms with Crippen molar-refractivity contribution in [1.82, 2.24) is 9.03 Å². The Labute approximate surface area is 216 Å². The van der Waals surface area contributed by atoms with Gasteiger partial charge in [0.05, 0.1) is 21.3 Å². The quantitative estimate of drug-likeness (QED) is 0.479. The third kappa shape index (κ3) is 6.36. The van der Waals surface area contributed by atoms with Crippen LogP contribution in [0.4, 0.5) is 0 Å². The fourth-order valence-corrected chi connectivity index (χ4v) is 9.47. The zero-order chi connectivity index (χ0) is 26.9. The van der Waals surface area contributed by atoms with Gasteiger partial charge in [0.15, 0.2) is 9.84 Å². The molecule has 0 radical (unpaired) electrons. The minimum absolute atomic E-state index is 0.0459. The van der Waals surface area contributed by atoms with Crippen LogP contribution >= 0.6 is 0 Å². The van der Waals surface area contributed by atoms with Gasteiger partial charge in [0.2, 0.25) is 20.0 Å². The Morgan fingerprint density at radius 1 is 0.861 bits per heavy atom. The van der Waals surface area contributed by atoms with Crippen LogP contribution < -0.4 is 4.72 Å². The van der Waals surface area contributed by atoms with E-state index in [1.807, 2.05) is 27.7 Å². The molecule has 1 heterocycles. The highest BCUT2D eigenvalue weighted by Gasteiger charge is 2.47. The summed E-state index contributed by atoms with van der Waals surface area (Å²) in [6.45, 7) is 9.23. The highest BCUT2D eigenvalue weighted by Crippen LogP contribution is 2.34. The standard InChI is InChI=1S/C25H36N2O6S3/c1-19(2)21-6-10-23(11-7-21)35(30,31)26-15-16-27(25(5)14-17-34(28,29)18-25)36(32,33)24-12-8-22(9-13-24)20(3)4/h6-13,19-20,26H,14-18H2,1-5H3/t25-/m0/s1. The van der Waals surface area contributed by atoms with Gasteiger partial charge in [0, 0.05) is 18.6 Å². The van der Waals surface area contributed by atoms with Crippen LogP contribution in [-0.4, -0.2) is 59.7 Å². The van der Waals surface area contributed by atoms with Gasteiger partial charge in [-0.15, -0.1) is 0 Å². The molecule has 0 unspecified atom stereocenters. The van der Waals surface area contributed by atoms with E-state index in [0.29, 0.717) is 0 Å². The number of rotatable bonds is 10. The predicted molar refractivity (Wildman–Crippen MR) is 142 cm³/mol. The molecular formula is C25H36N2O6S3. The van der Waals surface area contributed by atoms with Gasteiger partial charge in [-0.25, -0.2) is 30.0 Å². The number of hydrogen-bond donors (Lipinski definition) is 1. The number of sulfonamides is 2. The second kappa shape index (κ2) is 10.5. The fourth-order valence-electron chi connectivity index (χ4n) is 4.42. The monoisotopic (exact) mass is 556 g/mol. The Kier molecular flexibility index (Phi) is 8.41. The molecule has 2 aromatic carbocycles. The van der Waals surface area contributed by atoms with Crippen molar-refractivity contribution >= 4 is 29.9 Å². The molecule has 1 atom stereocenters. The molecule has 1 fully saturated rings. The molecule has 0 saturated carbocycles. The molecule has 0 aromatic heterocycles. The van der Waals surface area contributed by atoms with Crippen molar-refractivity contribution in [3.63, 3.8) is 0 Å². The summed E-state index contributed by atoms with van der Waals surface area (Å²) in [6.07, 6.45) is 0.141. The lowest BCUT2D eigenvalue weighted by molar-refractivity contribution is 0.236. The van der Waals surface area contributed by atoms with Gasteiger partial charge in [0.25, 0.3) is 0 Å². The molecule has 3 rings (SSSR count). The molecule has 2 aromatic rings. The van der Waals surface area contributed by atoms with Crippen molar-refractivity contribution in [1.29, 1.82) is 0 Å². The van der Waals surface area contributed by atoms with Crippen LogP contribution in [0.1, 0.15) is 64.0 Å². The minimum atomic E-state index is -4.10. The first-order valence-corrected chi connectivity index (χ1v) is 16.7. The summed E-state index contributed by atoms with van der Waals surface area (Å²) in [4.78, 5) is 0.129. The number of nitrogens with one attached hydrogen (secondary N) is 1. The molecule has 0 bridgehead atoms. The normalized spacial score (nSPS) is 20.4. The molecule has 11 heteroatoms. The number of benzene rings is 2. The van der Waals surface area contributed by atoms with Crippen LogP contribution in [-0.2, 0) is 29.9 Å². The Bertz CT molecular complexity index is 1380. The summed E-state index contributed by atoms with van der Waals surface area (Å²) in [7, 11) is -11.4.